The predicted octanol–water partition coefficient (Wildman–Crippen LogP) is 0.726. The summed E-state index contributed by atoms with van der Waals surface area (Å²) in [6.07, 6.45) is 0.148. The molecule has 1 saturated heterocycles. The van der Waals surface area contributed by atoms with Crippen LogP contribution in [-0.2, 0) is 14.3 Å². The lowest BCUT2D eigenvalue weighted by Gasteiger charge is -2.21. The van der Waals surface area contributed by atoms with Gasteiger partial charge in [0, 0.05) is 12.2 Å². The molecule has 1 aliphatic rings. The molecular formula is C10H15NO3. The maximum Gasteiger partial charge on any atom is 0.256 e. The molecule has 0 bridgehead atoms. The van der Waals surface area contributed by atoms with Crippen LogP contribution in [0.15, 0.2) is 12.2 Å². The molecule has 1 unspecified atom stereocenters. The molecule has 14 heavy (non-hydrogen) atoms. The van der Waals surface area contributed by atoms with Gasteiger partial charge in [-0.3, -0.25) is 14.5 Å². The highest BCUT2D eigenvalue weighted by Gasteiger charge is 2.35. The van der Waals surface area contributed by atoms with Crippen LogP contribution in [0.1, 0.15) is 20.3 Å². The largest absolute Gasteiger partial charge is 0.380 e. The van der Waals surface area contributed by atoms with E-state index < -0.39 is 0 Å². The summed E-state index contributed by atoms with van der Waals surface area (Å²) in [5.74, 6) is -0.436. The van der Waals surface area contributed by atoms with E-state index in [2.05, 4.69) is 6.58 Å². The van der Waals surface area contributed by atoms with Crippen LogP contribution in [-0.4, -0.2) is 36.0 Å². The van der Waals surface area contributed by atoms with Crippen molar-refractivity contribution in [1.29, 1.82) is 0 Å². The number of likely N-dealkylation sites (tertiary alicyclic amines) is 1. The van der Waals surface area contributed by atoms with Crippen molar-refractivity contribution in [3.05, 3.63) is 12.2 Å². The second-order valence-electron chi connectivity index (χ2n) is 3.36. The average Bonchev–Trinajstić information content (AvgIpc) is 2.38. The highest BCUT2D eigenvalue weighted by Crippen LogP contribution is 2.19. The normalized spacial score (nSPS) is 19.3. The molecule has 0 N–H and O–H groups in total. The van der Waals surface area contributed by atoms with Crippen LogP contribution in [0, 0.1) is 0 Å². The first kappa shape index (κ1) is 10.9. The Bertz CT molecular complexity index is 273. The first-order valence-electron chi connectivity index (χ1n) is 4.69. The number of rotatable bonds is 4. The van der Waals surface area contributed by atoms with Gasteiger partial charge in [0.1, 0.15) is 0 Å². The van der Waals surface area contributed by atoms with Crippen molar-refractivity contribution < 1.29 is 14.3 Å². The number of hydrogen-bond donors (Lipinski definition) is 0. The Balaban J connectivity index is 2.62. The van der Waals surface area contributed by atoms with Crippen LogP contribution in [0.25, 0.3) is 0 Å². The summed E-state index contributed by atoms with van der Waals surface area (Å²) >= 11 is 0. The molecule has 4 heteroatoms. The van der Waals surface area contributed by atoms with Crippen molar-refractivity contribution >= 4 is 11.8 Å². The van der Waals surface area contributed by atoms with Crippen LogP contribution in [0.4, 0.5) is 0 Å². The highest BCUT2D eigenvalue weighted by atomic mass is 16.5. The van der Waals surface area contributed by atoms with Gasteiger partial charge in [0.2, 0.25) is 5.91 Å². The van der Waals surface area contributed by atoms with E-state index in [1.807, 2.05) is 6.92 Å². The molecule has 0 aromatic rings. The molecule has 0 radical (unpaired) electrons. The summed E-state index contributed by atoms with van der Waals surface area (Å²) < 4.78 is 5.16. The summed E-state index contributed by atoms with van der Waals surface area (Å²) in [6, 6.07) is -0.200. The van der Waals surface area contributed by atoms with Gasteiger partial charge >= 0.3 is 0 Å². The fraction of sp³-hybridized carbons (Fsp3) is 0.600. The second-order valence-corrected chi connectivity index (χ2v) is 3.36. The van der Waals surface area contributed by atoms with Crippen molar-refractivity contribution in [1.82, 2.24) is 4.90 Å². The fourth-order valence-corrected chi connectivity index (χ4v) is 1.44. The minimum atomic E-state index is -0.262. The lowest BCUT2D eigenvalue weighted by atomic mass is 10.3. The quantitative estimate of drug-likeness (QED) is 0.493. The standard InChI is InChI=1S/C10H15NO3/c1-4-14-6-8(3)11-9(12)5-7(2)10(11)13/h8H,2,4-6H2,1,3H3. The van der Waals surface area contributed by atoms with E-state index in [1.54, 1.807) is 6.92 Å². The molecule has 2 amide bonds. The fourth-order valence-electron chi connectivity index (χ4n) is 1.44. The van der Waals surface area contributed by atoms with Gasteiger partial charge in [-0.2, -0.15) is 0 Å². The van der Waals surface area contributed by atoms with Crippen molar-refractivity contribution in [2.75, 3.05) is 13.2 Å². The molecule has 0 aromatic heterocycles. The molecule has 1 aliphatic heterocycles. The van der Waals surface area contributed by atoms with Crippen molar-refractivity contribution in [3.8, 4) is 0 Å². The molecule has 1 rings (SSSR count). The topological polar surface area (TPSA) is 46.6 Å². The Kier molecular flexibility index (Phi) is 3.41. The maximum absolute atomic E-state index is 11.5. The molecule has 0 saturated carbocycles. The van der Waals surface area contributed by atoms with Crippen LogP contribution in [0.5, 0.6) is 0 Å². The zero-order valence-electron chi connectivity index (χ0n) is 8.58. The summed E-state index contributed by atoms with van der Waals surface area (Å²) in [5.41, 5.74) is 0.373. The number of hydrogen-bond acceptors (Lipinski definition) is 3. The molecule has 0 aliphatic carbocycles. The Morgan fingerprint density at radius 1 is 1.57 bits per heavy atom. The number of amides is 2. The monoisotopic (exact) mass is 197 g/mol. The Hall–Kier alpha value is -1.16. The molecule has 0 aromatic carbocycles. The van der Waals surface area contributed by atoms with E-state index in [1.165, 1.54) is 4.90 Å². The SMILES string of the molecule is C=C1CC(=O)N(C(C)COCC)C1=O. The van der Waals surface area contributed by atoms with E-state index in [-0.39, 0.29) is 24.3 Å². The van der Waals surface area contributed by atoms with Gasteiger partial charge in [0.05, 0.1) is 19.1 Å². The van der Waals surface area contributed by atoms with Gasteiger partial charge in [-0.15, -0.1) is 0 Å². The van der Waals surface area contributed by atoms with Gasteiger partial charge < -0.3 is 4.74 Å². The zero-order valence-corrected chi connectivity index (χ0v) is 8.58. The third kappa shape index (κ3) is 2.01. The van der Waals surface area contributed by atoms with Gasteiger partial charge in [-0.05, 0) is 13.8 Å². The first-order valence-corrected chi connectivity index (χ1v) is 4.69. The van der Waals surface area contributed by atoms with E-state index in [9.17, 15) is 9.59 Å². The van der Waals surface area contributed by atoms with Gasteiger partial charge in [0.15, 0.2) is 0 Å². The lowest BCUT2D eigenvalue weighted by molar-refractivity contribution is -0.141. The Morgan fingerprint density at radius 2 is 2.21 bits per heavy atom. The van der Waals surface area contributed by atoms with Crippen molar-refractivity contribution in [2.24, 2.45) is 0 Å². The number of nitrogens with zero attached hydrogens (tertiary/aromatic N) is 1. The average molecular weight is 197 g/mol. The van der Waals surface area contributed by atoms with E-state index in [0.29, 0.717) is 18.8 Å². The lowest BCUT2D eigenvalue weighted by Crippen LogP contribution is -2.40. The number of ether oxygens (including phenoxy) is 1. The molecule has 1 fully saturated rings. The summed E-state index contributed by atoms with van der Waals surface area (Å²) in [5, 5.41) is 0. The summed E-state index contributed by atoms with van der Waals surface area (Å²) in [6.45, 7) is 8.19. The van der Waals surface area contributed by atoms with Crippen molar-refractivity contribution in [2.45, 2.75) is 26.3 Å². The van der Waals surface area contributed by atoms with E-state index in [0.717, 1.165) is 0 Å². The smallest absolute Gasteiger partial charge is 0.256 e. The molecule has 4 nitrogen and oxygen atoms in total. The molecule has 0 spiro atoms. The molecular weight excluding hydrogens is 182 g/mol. The third-order valence-corrected chi connectivity index (χ3v) is 2.16. The first-order chi connectivity index (χ1) is 6.57. The number of imide groups is 1. The minimum absolute atomic E-state index is 0.148. The van der Waals surface area contributed by atoms with Crippen LogP contribution in [0.3, 0.4) is 0 Å². The summed E-state index contributed by atoms with van der Waals surface area (Å²) in [4.78, 5) is 24.1. The van der Waals surface area contributed by atoms with Gasteiger partial charge in [-0.25, -0.2) is 0 Å². The molecule has 78 valence electrons. The summed E-state index contributed by atoms with van der Waals surface area (Å²) in [7, 11) is 0. The molecule has 1 heterocycles. The third-order valence-electron chi connectivity index (χ3n) is 2.16. The minimum Gasteiger partial charge on any atom is -0.380 e. The van der Waals surface area contributed by atoms with Gasteiger partial charge in [0.25, 0.3) is 5.91 Å². The van der Waals surface area contributed by atoms with Gasteiger partial charge in [-0.1, -0.05) is 6.58 Å². The Labute approximate surface area is 83.5 Å². The van der Waals surface area contributed by atoms with E-state index in [4.69, 9.17) is 4.74 Å². The van der Waals surface area contributed by atoms with Crippen LogP contribution in [0.2, 0.25) is 0 Å². The molecule has 1 atom stereocenters. The number of carbonyl (C=O) groups excluding carboxylic acids is 2. The Morgan fingerprint density at radius 3 is 2.64 bits per heavy atom. The van der Waals surface area contributed by atoms with Crippen molar-refractivity contribution in [3.63, 3.8) is 0 Å². The van der Waals surface area contributed by atoms with E-state index >= 15 is 0 Å². The van der Waals surface area contributed by atoms with Crippen LogP contribution < -0.4 is 0 Å². The highest BCUT2D eigenvalue weighted by molar-refractivity contribution is 6.13. The second kappa shape index (κ2) is 4.37. The zero-order chi connectivity index (χ0) is 10.7. The van der Waals surface area contributed by atoms with Crippen LogP contribution >= 0.6 is 0 Å². The predicted molar refractivity (Wildman–Crippen MR) is 51.6 cm³/mol. The maximum atomic E-state index is 11.5. The number of carbonyl (C=O) groups is 2.